The van der Waals surface area contributed by atoms with E-state index in [0.29, 0.717) is 18.2 Å². The first-order valence-electron chi connectivity index (χ1n) is 6.69. The van der Waals surface area contributed by atoms with Crippen molar-refractivity contribution >= 4 is 0 Å². The minimum Gasteiger partial charge on any atom is -0.374 e. The van der Waals surface area contributed by atoms with Crippen molar-refractivity contribution in [2.45, 2.75) is 32.0 Å². The van der Waals surface area contributed by atoms with E-state index in [2.05, 4.69) is 24.2 Å². The van der Waals surface area contributed by atoms with Gasteiger partial charge in [-0.3, -0.25) is 16.2 Å². The second-order valence-corrected chi connectivity index (χ2v) is 5.16. The molecule has 0 aromatic heterocycles. The third-order valence-corrected chi connectivity index (χ3v) is 3.65. The van der Waals surface area contributed by atoms with Gasteiger partial charge in [-0.05, 0) is 19.9 Å². The molecule has 0 spiro atoms. The van der Waals surface area contributed by atoms with Crippen LogP contribution in [-0.2, 0) is 4.74 Å². The van der Waals surface area contributed by atoms with Crippen LogP contribution in [0.5, 0.6) is 0 Å². The highest BCUT2D eigenvalue weighted by Crippen LogP contribution is 2.24. The Balaban J connectivity index is 2.16. The van der Waals surface area contributed by atoms with Crippen LogP contribution in [0.1, 0.15) is 25.5 Å². The quantitative estimate of drug-likeness (QED) is 0.640. The predicted molar refractivity (Wildman–Crippen MR) is 72.9 cm³/mol. The van der Waals surface area contributed by atoms with Gasteiger partial charge in [0, 0.05) is 24.7 Å². The molecule has 1 fully saturated rings. The van der Waals surface area contributed by atoms with Gasteiger partial charge in [0.25, 0.3) is 0 Å². The van der Waals surface area contributed by atoms with E-state index in [0.717, 1.165) is 13.1 Å². The minimum atomic E-state index is -0.331. The molecule has 0 aliphatic carbocycles. The fraction of sp³-hybridized carbons (Fsp3) is 0.571. The lowest BCUT2D eigenvalue weighted by atomic mass is 9.99. The van der Waals surface area contributed by atoms with E-state index in [1.807, 2.05) is 6.07 Å². The fourth-order valence-corrected chi connectivity index (χ4v) is 2.49. The Morgan fingerprint density at radius 2 is 2.16 bits per heavy atom. The van der Waals surface area contributed by atoms with Crippen molar-refractivity contribution in [1.29, 1.82) is 0 Å². The predicted octanol–water partition coefficient (Wildman–Crippen LogP) is 1.44. The molecule has 5 heteroatoms. The maximum Gasteiger partial charge on any atom is 0.128 e. The van der Waals surface area contributed by atoms with Gasteiger partial charge in [0.15, 0.2) is 0 Å². The first-order chi connectivity index (χ1) is 9.13. The summed E-state index contributed by atoms with van der Waals surface area (Å²) in [5.41, 5.74) is 3.25. The molecule has 0 radical (unpaired) electrons. The number of hydrogen-bond acceptors (Lipinski definition) is 4. The maximum absolute atomic E-state index is 13.9. The zero-order valence-corrected chi connectivity index (χ0v) is 11.5. The van der Waals surface area contributed by atoms with E-state index in [1.54, 1.807) is 12.1 Å². The molecule has 4 nitrogen and oxygen atoms in total. The topological polar surface area (TPSA) is 50.5 Å². The van der Waals surface area contributed by atoms with E-state index in [4.69, 9.17) is 10.6 Å². The molecule has 2 atom stereocenters. The summed E-state index contributed by atoms with van der Waals surface area (Å²) in [4.78, 5) is 2.32. The third-order valence-electron chi connectivity index (χ3n) is 3.65. The highest BCUT2D eigenvalue weighted by atomic mass is 19.1. The van der Waals surface area contributed by atoms with Gasteiger partial charge < -0.3 is 4.74 Å². The number of nitrogens with one attached hydrogen (secondary N) is 1. The van der Waals surface area contributed by atoms with Gasteiger partial charge in [0.2, 0.25) is 0 Å². The van der Waals surface area contributed by atoms with E-state index in [-0.39, 0.29) is 18.0 Å². The molecule has 0 saturated carbocycles. The number of morpholine rings is 1. The van der Waals surface area contributed by atoms with Crippen LogP contribution in [0.15, 0.2) is 24.3 Å². The maximum atomic E-state index is 13.9. The summed E-state index contributed by atoms with van der Waals surface area (Å²) < 4.78 is 19.6. The molecule has 1 aromatic carbocycles. The van der Waals surface area contributed by atoms with Crippen molar-refractivity contribution in [1.82, 2.24) is 10.3 Å². The summed E-state index contributed by atoms with van der Waals surface area (Å²) in [5, 5.41) is 0. The van der Waals surface area contributed by atoms with Crippen molar-refractivity contribution in [3.8, 4) is 0 Å². The summed E-state index contributed by atoms with van der Waals surface area (Å²) in [5.74, 6) is 5.36. The minimum absolute atomic E-state index is 0.141. The number of nitrogens with two attached hydrogens (primary N) is 1. The molecule has 106 valence electrons. The Bertz CT molecular complexity index is 413. The van der Waals surface area contributed by atoms with Crippen LogP contribution in [0, 0.1) is 5.82 Å². The van der Waals surface area contributed by atoms with Crippen LogP contribution in [0.25, 0.3) is 0 Å². The molecular weight excluding hydrogens is 245 g/mol. The lowest BCUT2D eigenvalue weighted by molar-refractivity contribution is -0.0566. The number of hydrogen-bond donors (Lipinski definition) is 2. The number of halogens is 1. The van der Waals surface area contributed by atoms with Crippen LogP contribution in [0.4, 0.5) is 4.39 Å². The van der Waals surface area contributed by atoms with E-state index in [1.165, 1.54) is 6.07 Å². The van der Waals surface area contributed by atoms with Crippen molar-refractivity contribution in [2.75, 3.05) is 19.7 Å². The molecule has 1 heterocycles. The van der Waals surface area contributed by atoms with Crippen LogP contribution in [-0.4, -0.2) is 36.7 Å². The standard InChI is InChI=1S/C14H22FN3O/c1-10(2)18-7-8-19-13(9-18)14(17-16)11-5-3-4-6-12(11)15/h3-6,10,13-14,17H,7-9,16H2,1-2H3. The number of ether oxygens (including phenoxy) is 1. The molecule has 0 amide bonds. The number of rotatable bonds is 4. The molecule has 1 aliphatic heterocycles. The average molecular weight is 267 g/mol. The number of hydrazine groups is 1. The van der Waals surface area contributed by atoms with Crippen molar-refractivity contribution in [3.63, 3.8) is 0 Å². The molecule has 2 rings (SSSR count). The van der Waals surface area contributed by atoms with Crippen LogP contribution >= 0.6 is 0 Å². The molecule has 1 aliphatic rings. The van der Waals surface area contributed by atoms with Crippen molar-refractivity contribution in [2.24, 2.45) is 5.84 Å². The zero-order valence-electron chi connectivity index (χ0n) is 11.5. The van der Waals surface area contributed by atoms with Gasteiger partial charge in [-0.15, -0.1) is 0 Å². The third kappa shape index (κ3) is 3.30. The summed E-state index contributed by atoms with van der Waals surface area (Å²) in [7, 11) is 0. The Labute approximate surface area is 113 Å². The number of benzene rings is 1. The highest BCUT2D eigenvalue weighted by molar-refractivity contribution is 5.22. The fourth-order valence-electron chi connectivity index (χ4n) is 2.49. The molecule has 1 saturated heterocycles. The van der Waals surface area contributed by atoms with Gasteiger partial charge in [0.05, 0.1) is 18.8 Å². The molecule has 1 aromatic rings. The van der Waals surface area contributed by atoms with Crippen LogP contribution in [0.3, 0.4) is 0 Å². The summed E-state index contributed by atoms with van der Waals surface area (Å²) in [6.45, 7) is 6.60. The average Bonchev–Trinajstić information content (AvgIpc) is 2.42. The molecule has 2 unspecified atom stereocenters. The van der Waals surface area contributed by atoms with Gasteiger partial charge >= 0.3 is 0 Å². The largest absolute Gasteiger partial charge is 0.374 e. The lowest BCUT2D eigenvalue weighted by Gasteiger charge is -2.38. The molecular formula is C14H22FN3O. The van der Waals surface area contributed by atoms with E-state index >= 15 is 0 Å². The Morgan fingerprint density at radius 1 is 1.42 bits per heavy atom. The summed E-state index contributed by atoms with van der Waals surface area (Å²) in [6.07, 6.45) is -0.141. The van der Waals surface area contributed by atoms with Gasteiger partial charge in [-0.2, -0.15) is 0 Å². The van der Waals surface area contributed by atoms with Gasteiger partial charge in [0.1, 0.15) is 5.82 Å². The van der Waals surface area contributed by atoms with Crippen molar-refractivity contribution < 1.29 is 9.13 Å². The van der Waals surface area contributed by atoms with Gasteiger partial charge in [-0.1, -0.05) is 18.2 Å². The highest BCUT2D eigenvalue weighted by Gasteiger charge is 2.30. The SMILES string of the molecule is CC(C)N1CCOC(C(NN)c2ccccc2F)C1. The Hall–Kier alpha value is -1.01. The van der Waals surface area contributed by atoms with E-state index < -0.39 is 0 Å². The monoisotopic (exact) mass is 267 g/mol. The molecule has 0 bridgehead atoms. The summed E-state index contributed by atoms with van der Waals surface area (Å²) in [6, 6.07) is 6.80. The van der Waals surface area contributed by atoms with E-state index in [9.17, 15) is 4.39 Å². The number of nitrogens with zero attached hydrogens (tertiary/aromatic N) is 1. The Kier molecular flexibility index (Phi) is 4.87. The van der Waals surface area contributed by atoms with Crippen LogP contribution in [0.2, 0.25) is 0 Å². The normalized spacial score (nSPS) is 22.7. The summed E-state index contributed by atoms with van der Waals surface area (Å²) >= 11 is 0. The first-order valence-corrected chi connectivity index (χ1v) is 6.69. The van der Waals surface area contributed by atoms with Crippen molar-refractivity contribution in [3.05, 3.63) is 35.6 Å². The lowest BCUT2D eigenvalue weighted by Crippen LogP contribution is -2.51. The van der Waals surface area contributed by atoms with Gasteiger partial charge in [-0.25, -0.2) is 4.39 Å². The Morgan fingerprint density at radius 3 is 2.79 bits per heavy atom. The molecule has 3 N–H and O–H groups in total. The smallest absolute Gasteiger partial charge is 0.128 e. The molecule has 19 heavy (non-hydrogen) atoms. The first kappa shape index (κ1) is 14.4. The second kappa shape index (κ2) is 6.43. The second-order valence-electron chi connectivity index (χ2n) is 5.16. The zero-order chi connectivity index (χ0) is 13.8. The van der Waals surface area contributed by atoms with Crippen LogP contribution < -0.4 is 11.3 Å².